The monoisotopic (exact) mass is 793 g/mol. The van der Waals surface area contributed by atoms with Crippen LogP contribution < -0.4 is 0 Å². The molecule has 62 heavy (non-hydrogen) atoms. The third-order valence-corrected chi connectivity index (χ3v) is 11.7. The van der Waals surface area contributed by atoms with Crippen molar-refractivity contribution >= 4 is 43.7 Å². The zero-order chi connectivity index (χ0) is 41.0. The van der Waals surface area contributed by atoms with Crippen LogP contribution in [-0.4, -0.2) is 24.5 Å². The number of hydrogen-bond donors (Lipinski definition) is 0. The molecule has 0 aliphatic carbocycles. The molecule has 0 spiro atoms. The molecule has 0 saturated heterocycles. The number of rotatable bonds is 7. The first kappa shape index (κ1) is 35.5. The molecule has 12 aromatic rings. The van der Waals surface area contributed by atoms with Gasteiger partial charge >= 0.3 is 0 Å². The Kier molecular flexibility index (Phi) is 8.38. The molecule has 12 rings (SSSR count). The van der Waals surface area contributed by atoms with E-state index in [-0.39, 0.29) is 0 Å². The summed E-state index contributed by atoms with van der Waals surface area (Å²) in [5.74, 6) is 1.61. The SMILES string of the molecule is c1ccc(-c2nc(-c3ccccc3)nc(-c3nc(-c4ccc(-c5ccccc5)c(-c5ccccc5)c4)ccc3-n3c4ccccc4c4c5c(ccc43)oc3ccccc35)n2)cc1. The molecule has 4 heterocycles. The highest BCUT2D eigenvalue weighted by Gasteiger charge is 2.24. The number of fused-ring (bicyclic) bond motifs is 7. The van der Waals surface area contributed by atoms with Gasteiger partial charge in [-0.2, -0.15) is 0 Å². The van der Waals surface area contributed by atoms with E-state index in [0.29, 0.717) is 23.2 Å². The second-order valence-electron chi connectivity index (χ2n) is 15.4. The number of aromatic nitrogens is 5. The Morgan fingerprint density at radius 2 is 0.903 bits per heavy atom. The first-order valence-electron chi connectivity index (χ1n) is 20.7. The van der Waals surface area contributed by atoms with Crippen LogP contribution in [0.4, 0.5) is 0 Å². The first-order chi connectivity index (χ1) is 30.7. The van der Waals surface area contributed by atoms with Crippen LogP contribution in [0.1, 0.15) is 0 Å². The van der Waals surface area contributed by atoms with Crippen molar-refractivity contribution in [2.75, 3.05) is 0 Å². The van der Waals surface area contributed by atoms with E-state index in [4.69, 9.17) is 24.4 Å². The fraction of sp³-hybridized carbons (Fsp3) is 0. The average molecular weight is 794 g/mol. The molecule has 0 radical (unpaired) electrons. The summed E-state index contributed by atoms with van der Waals surface area (Å²) in [7, 11) is 0. The molecule has 4 aromatic heterocycles. The Labute approximate surface area is 357 Å². The molecule has 0 N–H and O–H groups in total. The lowest BCUT2D eigenvalue weighted by molar-refractivity contribution is 0.669. The van der Waals surface area contributed by atoms with Crippen LogP contribution in [0.2, 0.25) is 0 Å². The van der Waals surface area contributed by atoms with Crippen molar-refractivity contribution in [1.82, 2.24) is 24.5 Å². The summed E-state index contributed by atoms with van der Waals surface area (Å²) in [5, 5.41) is 4.40. The second-order valence-corrected chi connectivity index (χ2v) is 15.4. The maximum atomic E-state index is 6.42. The van der Waals surface area contributed by atoms with Gasteiger partial charge in [-0.15, -0.1) is 0 Å². The fourth-order valence-electron chi connectivity index (χ4n) is 8.84. The molecule has 0 fully saturated rings. The molecule has 0 bridgehead atoms. The Hall–Kier alpha value is -8.48. The van der Waals surface area contributed by atoms with Crippen molar-refractivity contribution in [3.05, 3.63) is 212 Å². The summed E-state index contributed by atoms with van der Waals surface area (Å²) in [6, 6.07) is 73.2. The number of pyridine rings is 1. The van der Waals surface area contributed by atoms with Gasteiger partial charge in [0.05, 0.1) is 22.4 Å². The molecular weight excluding hydrogens is 759 g/mol. The van der Waals surface area contributed by atoms with Gasteiger partial charge in [-0.1, -0.05) is 170 Å². The molecule has 8 aromatic carbocycles. The van der Waals surface area contributed by atoms with Crippen molar-refractivity contribution in [3.8, 4) is 73.5 Å². The quantitative estimate of drug-likeness (QED) is 0.161. The van der Waals surface area contributed by atoms with Gasteiger partial charge in [0.15, 0.2) is 17.5 Å². The van der Waals surface area contributed by atoms with Crippen molar-refractivity contribution in [1.29, 1.82) is 0 Å². The van der Waals surface area contributed by atoms with Gasteiger partial charge in [0.25, 0.3) is 0 Å². The third kappa shape index (κ3) is 5.96. The Morgan fingerprint density at radius 1 is 0.339 bits per heavy atom. The van der Waals surface area contributed by atoms with Gasteiger partial charge < -0.3 is 8.98 Å². The average Bonchev–Trinajstić information content (AvgIpc) is 3.90. The zero-order valence-corrected chi connectivity index (χ0v) is 33.4. The van der Waals surface area contributed by atoms with Crippen LogP contribution in [0.25, 0.3) is 117 Å². The van der Waals surface area contributed by atoms with E-state index in [1.807, 2.05) is 72.8 Å². The van der Waals surface area contributed by atoms with Crippen molar-refractivity contribution in [2.45, 2.75) is 0 Å². The van der Waals surface area contributed by atoms with Crippen molar-refractivity contribution in [2.24, 2.45) is 0 Å². The maximum absolute atomic E-state index is 6.42. The lowest BCUT2D eigenvalue weighted by atomic mass is 9.92. The zero-order valence-electron chi connectivity index (χ0n) is 33.4. The summed E-state index contributed by atoms with van der Waals surface area (Å²) < 4.78 is 8.73. The number of benzene rings is 8. The molecule has 0 atom stereocenters. The molecule has 6 nitrogen and oxygen atoms in total. The van der Waals surface area contributed by atoms with Crippen LogP contribution in [0.5, 0.6) is 0 Å². The van der Waals surface area contributed by atoms with Gasteiger partial charge in [0.1, 0.15) is 16.9 Å². The predicted molar refractivity (Wildman–Crippen MR) is 252 cm³/mol. The lowest BCUT2D eigenvalue weighted by Gasteiger charge is -2.16. The highest BCUT2D eigenvalue weighted by molar-refractivity contribution is 6.27. The molecule has 0 amide bonds. The first-order valence-corrected chi connectivity index (χ1v) is 20.7. The normalized spacial score (nSPS) is 11.5. The van der Waals surface area contributed by atoms with E-state index in [0.717, 1.165) is 94.1 Å². The van der Waals surface area contributed by atoms with Crippen LogP contribution >= 0.6 is 0 Å². The maximum Gasteiger partial charge on any atom is 0.184 e. The van der Waals surface area contributed by atoms with E-state index in [9.17, 15) is 0 Å². The molecule has 0 unspecified atom stereocenters. The van der Waals surface area contributed by atoms with E-state index >= 15 is 0 Å². The fourth-order valence-corrected chi connectivity index (χ4v) is 8.84. The van der Waals surface area contributed by atoms with Crippen molar-refractivity contribution < 1.29 is 4.42 Å². The van der Waals surface area contributed by atoms with Crippen LogP contribution in [0, 0.1) is 0 Å². The topological polar surface area (TPSA) is 69.6 Å². The molecular formula is C56H35N5O. The molecule has 0 aliphatic rings. The van der Waals surface area contributed by atoms with E-state index < -0.39 is 0 Å². The summed E-state index contributed by atoms with van der Waals surface area (Å²) in [6.07, 6.45) is 0. The Balaban J connectivity index is 1.16. The largest absolute Gasteiger partial charge is 0.456 e. The molecule has 290 valence electrons. The standard InChI is InChI=1S/C56H35N5O/c1-5-17-36(18-6-1)41-30-29-40(35-44(41)37-19-7-2-8-20-37)45-31-32-48(53(57-45)56-59-54(38-21-9-3-10-22-38)58-55(60-56)39-23-11-4-12-24-39)61-46-27-15-13-25-42(46)51-47(61)33-34-50-52(51)43-26-14-16-28-49(43)62-50/h1-35H. The van der Waals surface area contributed by atoms with Crippen molar-refractivity contribution in [3.63, 3.8) is 0 Å². The Bertz CT molecular complexity index is 3560. The summed E-state index contributed by atoms with van der Waals surface area (Å²) in [5.41, 5.74) is 13.4. The highest BCUT2D eigenvalue weighted by Crippen LogP contribution is 2.43. The minimum absolute atomic E-state index is 0.472. The molecule has 0 saturated carbocycles. The third-order valence-electron chi connectivity index (χ3n) is 11.7. The minimum Gasteiger partial charge on any atom is -0.456 e. The summed E-state index contributed by atoms with van der Waals surface area (Å²) in [4.78, 5) is 21.2. The molecule has 0 aliphatic heterocycles. The number of para-hydroxylation sites is 2. The van der Waals surface area contributed by atoms with Gasteiger partial charge in [-0.25, -0.2) is 19.9 Å². The summed E-state index contributed by atoms with van der Waals surface area (Å²) >= 11 is 0. The molecule has 6 heteroatoms. The summed E-state index contributed by atoms with van der Waals surface area (Å²) in [6.45, 7) is 0. The second kappa shape index (κ2) is 14.7. The Morgan fingerprint density at radius 3 is 1.58 bits per heavy atom. The van der Waals surface area contributed by atoms with E-state index in [2.05, 4.69) is 144 Å². The number of nitrogens with zero attached hydrogens (tertiary/aromatic N) is 5. The lowest BCUT2D eigenvalue weighted by Crippen LogP contribution is -2.06. The van der Waals surface area contributed by atoms with Crippen LogP contribution in [0.3, 0.4) is 0 Å². The number of furan rings is 1. The van der Waals surface area contributed by atoms with Gasteiger partial charge in [-0.3, -0.25) is 0 Å². The van der Waals surface area contributed by atoms with Crippen LogP contribution in [-0.2, 0) is 0 Å². The minimum atomic E-state index is 0.472. The number of hydrogen-bond acceptors (Lipinski definition) is 5. The smallest absolute Gasteiger partial charge is 0.184 e. The van der Waals surface area contributed by atoms with E-state index in [1.165, 1.54) is 0 Å². The van der Waals surface area contributed by atoms with E-state index in [1.54, 1.807) is 0 Å². The van der Waals surface area contributed by atoms with Gasteiger partial charge in [-0.05, 0) is 64.7 Å². The van der Waals surface area contributed by atoms with Gasteiger partial charge in [0.2, 0.25) is 0 Å². The predicted octanol–water partition coefficient (Wildman–Crippen LogP) is 14.3. The van der Waals surface area contributed by atoms with Crippen LogP contribution in [0.15, 0.2) is 217 Å². The van der Waals surface area contributed by atoms with Gasteiger partial charge in [0, 0.05) is 38.2 Å². The highest BCUT2D eigenvalue weighted by atomic mass is 16.3.